The summed E-state index contributed by atoms with van der Waals surface area (Å²) in [6.07, 6.45) is -1.91. The molecule has 0 atom stereocenters. The van der Waals surface area contributed by atoms with Crippen molar-refractivity contribution in [3.8, 4) is 17.0 Å². The van der Waals surface area contributed by atoms with Crippen LogP contribution in [0.1, 0.15) is 52.0 Å². The van der Waals surface area contributed by atoms with Crippen molar-refractivity contribution in [2.45, 2.75) is 45.0 Å². The van der Waals surface area contributed by atoms with E-state index in [1.165, 1.54) is 22.7 Å². The van der Waals surface area contributed by atoms with Crippen LogP contribution in [0.15, 0.2) is 85.6 Å². The molecule has 6 rings (SSSR count). The zero-order chi connectivity index (χ0) is 32.4. The molecule has 1 aliphatic rings. The molecule has 3 aromatic carbocycles. The van der Waals surface area contributed by atoms with Crippen molar-refractivity contribution < 1.29 is 27.1 Å². The summed E-state index contributed by atoms with van der Waals surface area (Å²) in [6.45, 7) is 5.85. The predicted molar refractivity (Wildman–Crippen MR) is 168 cm³/mol. The number of carbonyl (C=O) groups excluding carboxylic acids is 1. The van der Waals surface area contributed by atoms with Gasteiger partial charge < -0.3 is 15.4 Å². The van der Waals surface area contributed by atoms with Crippen LogP contribution < -0.4 is 15.4 Å². The molecule has 1 fully saturated rings. The second kappa shape index (κ2) is 12.7. The summed E-state index contributed by atoms with van der Waals surface area (Å²) in [5.41, 5.74) is 4.94. The number of amides is 1. The minimum atomic E-state index is -4.36. The number of benzene rings is 3. The van der Waals surface area contributed by atoms with E-state index >= 15 is 0 Å². The molecule has 7 nitrogen and oxygen atoms in total. The van der Waals surface area contributed by atoms with Crippen LogP contribution in [0.2, 0.25) is 0 Å². The summed E-state index contributed by atoms with van der Waals surface area (Å²) >= 11 is 0. The quantitative estimate of drug-likeness (QED) is 0.146. The summed E-state index contributed by atoms with van der Waals surface area (Å²) in [5, 5.41) is 10.6. The molecule has 46 heavy (non-hydrogen) atoms. The molecule has 0 radical (unpaired) electrons. The van der Waals surface area contributed by atoms with Crippen molar-refractivity contribution >= 4 is 22.8 Å². The van der Waals surface area contributed by atoms with Crippen molar-refractivity contribution in [3.05, 3.63) is 119 Å². The number of anilines is 1. The lowest BCUT2D eigenvalue weighted by molar-refractivity contribution is -0.131. The van der Waals surface area contributed by atoms with E-state index in [2.05, 4.69) is 22.2 Å². The Morgan fingerprint density at radius 3 is 2.54 bits per heavy atom. The van der Waals surface area contributed by atoms with Gasteiger partial charge in [0.1, 0.15) is 18.2 Å². The zero-order valence-electron chi connectivity index (χ0n) is 25.0. The van der Waals surface area contributed by atoms with Crippen molar-refractivity contribution in [1.82, 2.24) is 19.9 Å². The monoisotopic (exact) mass is 629 g/mol. The van der Waals surface area contributed by atoms with Crippen LogP contribution in [0.25, 0.3) is 22.5 Å². The Morgan fingerprint density at radius 1 is 1.04 bits per heavy atom. The van der Waals surface area contributed by atoms with Gasteiger partial charge in [0.15, 0.2) is 5.65 Å². The highest BCUT2D eigenvalue weighted by Gasteiger charge is 2.27. The largest absolute Gasteiger partial charge is 0.488 e. The first-order valence-corrected chi connectivity index (χ1v) is 14.8. The fraction of sp³-hybridized carbons (Fsp3) is 0.229. The summed E-state index contributed by atoms with van der Waals surface area (Å²) in [7, 11) is 0. The van der Waals surface area contributed by atoms with Gasteiger partial charge in [0.2, 0.25) is 0 Å². The highest BCUT2D eigenvalue weighted by molar-refractivity contribution is 5.96. The van der Waals surface area contributed by atoms with Gasteiger partial charge in [-0.05, 0) is 67.3 Å². The molecular formula is C35H31F4N5O2. The summed E-state index contributed by atoms with van der Waals surface area (Å²) < 4.78 is 61.2. The third kappa shape index (κ3) is 7.03. The van der Waals surface area contributed by atoms with Crippen molar-refractivity contribution in [2.24, 2.45) is 0 Å². The highest BCUT2D eigenvalue weighted by atomic mass is 19.4. The second-order valence-corrected chi connectivity index (χ2v) is 11.3. The van der Waals surface area contributed by atoms with Crippen LogP contribution in [0.4, 0.5) is 23.2 Å². The van der Waals surface area contributed by atoms with Gasteiger partial charge in [-0.25, -0.2) is 13.9 Å². The summed E-state index contributed by atoms with van der Waals surface area (Å²) in [6, 6.07) is 20.7. The molecule has 0 spiro atoms. The van der Waals surface area contributed by atoms with E-state index in [-0.39, 0.29) is 24.2 Å². The van der Waals surface area contributed by atoms with Gasteiger partial charge in [0.25, 0.3) is 5.91 Å². The summed E-state index contributed by atoms with van der Waals surface area (Å²) in [5.74, 6) is -0.291. The number of nitrogens with one attached hydrogen (secondary N) is 2. The Hall–Kier alpha value is -5.19. The molecular weight excluding hydrogens is 598 g/mol. The molecule has 0 aliphatic heterocycles. The van der Waals surface area contributed by atoms with Crippen LogP contribution >= 0.6 is 0 Å². The number of aryl methyl sites for hydroxylation is 1. The van der Waals surface area contributed by atoms with Crippen molar-refractivity contribution in [3.63, 3.8) is 0 Å². The number of carbonyl (C=O) groups is 1. The normalized spacial score (nSPS) is 13.1. The number of rotatable bonds is 11. The van der Waals surface area contributed by atoms with Gasteiger partial charge in [0, 0.05) is 34.9 Å². The van der Waals surface area contributed by atoms with E-state index in [9.17, 15) is 22.4 Å². The van der Waals surface area contributed by atoms with Gasteiger partial charge in [0.05, 0.1) is 29.7 Å². The van der Waals surface area contributed by atoms with Gasteiger partial charge in [-0.2, -0.15) is 18.3 Å². The van der Waals surface area contributed by atoms with Crippen LogP contribution in [-0.4, -0.2) is 39.3 Å². The molecule has 11 heteroatoms. The topological polar surface area (TPSA) is 80.6 Å². The molecule has 1 aliphatic carbocycles. The lowest BCUT2D eigenvalue weighted by atomic mass is 10.0. The average Bonchev–Trinajstić information content (AvgIpc) is 3.74. The third-order valence-electron chi connectivity index (χ3n) is 7.68. The fourth-order valence-corrected chi connectivity index (χ4v) is 5.09. The molecule has 236 valence electrons. The van der Waals surface area contributed by atoms with E-state index in [0.717, 1.165) is 24.0 Å². The molecule has 2 aromatic heterocycles. The van der Waals surface area contributed by atoms with Crippen LogP contribution in [-0.2, 0) is 6.61 Å². The number of nitrogens with zero attached hydrogens (tertiary/aromatic N) is 3. The number of hydrogen-bond acceptors (Lipinski definition) is 5. The first-order valence-electron chi connectivity index (χ1n) is 14.8. The Kier molecular flexibility index (Phi) is 8.48. The van der Waals surface area contributed by atoms with E-state index in [1.807, 2.05) is 43.3 Å². The smallest absolute Gasteiger partial charge is 0.390 e. The Balaban J connectivity index is 1.38. The van der Waals surface area contributed by atoms with Crippen molar-refractivity contribution in [1.29, 1.82) is 0 Å². The lowest BCUT2D eigenvalue weighted by Gasteiger charge is -2.16. The molecule has 1 saturated carbocycles. The number of fused-ring (bicyclic) bond motifs is 1. The maximum Gasteiger partial charge on any atom is 0.390 e. The first-order chi connectivity index (χ1) is 22.1. The highest BCUT2D eigenvalue weighted by Crippen LogP contribution is 2.34. The molecule has 0 bridgehead atoms. The Bertz CT molecular complexity index is 1920. The number of aromatic nitrogens is 3. The van der Waals surface area contributed by atoms with Gasteiger partial charge in [-0.1, -0.05) is 43.0 Å². The van der Waals surface area contributed by atoms with Crippen LogP contribution in [0.3, 0.4) is 0 Å². The molecule has 0 unspecified atom stereocenters. The Morgan fingerprint density at radius 2 is 1.83 bits per heavy atom. The minimum absolute atomic E-state index is 0.141. The van der Waals surface area contributed by atoms with Gasteiger partial charge >= 0.3 is 6.18 Å². The maximum absolute atomic E-state index is 14.6. The van der Waals surface area contributed by atoms with E-state index in [1.54, 1.807) is 24.4 Å². The Labute approximate surface area is 262 Å². The average molecular weight is 630 g/mol. The predicted octanol–water partition coefficient (Wildman–Crippen LogP) is 7.74. The summed E-state index contributed by atoms with van der Waals surface area (Å²) in [4.78, 5) is 17.2. The van der Waals surface area contributed by atoms with Crippen molar-refractivity contribution in [2.75, 3.05) is 11.9 Å². The molecule has 2 heterocycles. The number of alkyl halides is 3. The second-order valence-electron chi connectivity index (χ2n) is 11.3. The third-order valence-corrected chi connectivity index (χ3v) is 7.68. The number of imidazole rings is 1. The SMILES string of the molecule is C=C(c1cc(NCCC(F)(F)F)c2ncc(-c3ccc(C(=O)NC4CC4)c(C)c3)n2n1)c1cc(F)ccc1OCc1ccccc1. The molecule has 5 aromatic rings. The number of halogens is 4. The van der Waals surface area contributed by atoms with Crippen LogP contribution in [0.5, 0.6) is 5.75 Å². The lowest BCUT2D eigenvalue weighted by Crippen LogP contribution is -2.26. The van der Waals surface area contributed by atoms with E-state index in [0.29, 0.717) is 45.0 Å². The van der Waals surface area contributed by atoms with E-state index in [4.69, 9.17) is 9.84 Å². The van der Waals surface area contributed by atoms with Crippen LogP contribution in [0, 0.1) is 12.7 Å². The van der Waals surface area contributed by atoms with E-state index < -0.39 is 25.0 Å². The minimum Gasteiger partial charge on any atom is -0.488 e. The van der Waals surface area contributed by atoms with Gasteiger partial charge in [-0.15, -0.1) is 0 Å². The molecule has 2 N–H and O–H groups in total. The first kappa shape index (κ1) is 30.8. The van der Waals surface area contributed by atoms with Gasteiger partial charge in [-0.3, -0.25) is 4.79 Å². The maximum atomic E-state index is 14.6. The number of ether oxygens (including phenoxy) is 1. The zero-order valence-corrected chi connectivity index (χ0v) is 25.0. The molecule has 1 amide bonds. The fourth-order valence-electron chi connectivity index (χ4n) is 5.09. The number of hydrogen-bond donors (Lipinski definition) is 2. The molecule has 0 saturated heterocycles. The standard InChI is InChI=1S/C35H31F4N5O2/c1-21-16-24(8-12-27(21)34(45)42-26-10-11-26)31-19-41-33-30(40-15-14-35(37,38)39)18-29(43-44(31)33)22(2)28-17-25(36)9-13-32(28)46-20-23-6-4-3-5-7-23/h3-9,12-13,16-19,26,40H,2,10-11,14-15,20H2,1H3,(H,42,45).